The summed E-state index contributed by atoms with van der Waals surface area (Å²) in [5, 5.41) is 23.1. The molecule has 68 heavy (non-hydrogen) atoms. The van der Waals surface area contributed by atoms with Crippen LogP contribution in [-0.2, 0) is 4.79 Å². The van der Waals surface area contributed by atoms with Gasteiger partial charge in [-0.3, -0.25) is 4.79 Å². The van der Waals surface area contributed by atoms with Crippen LogP contribution in [0.4, 0.5) is 0 Å². The first-order valence-electron chi connectivity index (χ1n) is 30.5. The minimum absolute atomic E-state index is 0.0752. The fourth-order valence-electron chi connectivity index (χ4n) is 9.30. The van der Waals surface area contributed by atoms with E-state index < -0.39 is 12.1 Å². The minimum Gasteiger partial charge on any atom is -0.394 e. The second-order valence-corrected chi connectivity index (χ2v) is 20.7. The monoisotopic (exact) mass is 950 g/mol. The molecule has 4 heteroatoms. The summed E-state index contributed by atoms with van der Waals surface area (Å²) in [6, 6.07) is -0.647. The third kappa shape index (κ3) is 55.0. The molecule has 2 atom stereocenters. The highest BCUT2D eigenvalue weighted by Crippen LogP contribution is 2.17. The number of amides is 1. The molecule has 0 spiro atoms. The maximum absolute atomic E-state index is 12.5. The summed E-state index contributed by atoms with van der Waals surface area (Å²) >= 11 is 0. The molecule has 398 valence electrons. The molecule has 0 radical (unpaired) electrons. The predicted octanol–water partition coefficient (Wildman–Crippen LogP) is 20.4. The molecular formula is C64H119NO3. The Hall–Kier alpha value is -1.91. The van der Waals surface area contributed by atoms with Crippen molar-refractivity contribution >= 4 is 5.91 Å². The van der Waals surface area contributed by atoms with Crippen molar-refractivity contribution in [3.8, 4) is 0 Å². The Morgan fingerprint density at radius 2 is 0.618 bits per heavy atom. The van der Waals surface area contributed by atoms with E-state index in [0.29, 0.717) is 6.42 Å². The number of unbranched alkanes of at least 4 members (excludes halogenated alkanes) is 41. The van der Waals surface area contributed by atoms with Gasteiger partial charge in [0, 0.05) is 6.42 Å². The fraction of sp³-hybridized carbons (Fsp3) is 0.828. The smallest absolute Gasteiger partial charge is 0.220 e. The molecule has 0 aromatic heterocycles. The van der Waals surface area contributed by atoms with E-state index in [1.807, 2.05) is 6.08 Å². The van der Waals surface area contributed by atoms with Gasteiger partial charge < -0.3 is 15.5 Å². The third-order valence-electron chi connectivity index (χ3n) is 14.0. The van der Waals surface area contributed by atoms with Crippen molar-refractivity contribution in [1.29, 1.82) is 0 Å². The van der Waals surface area contributed by atoms with E-state index in [0.717, 1.165) is 44.9 Å². The predicted molar refractivity (Wildman–Crippen MR) is 304 cm³/mol. The summed E-state index contributed by atoms with van der Waals surface area (Å²) in [6.07, 6.45) is 84.1. The van der Waals surface area contributed by atoms with Crippen molar-refractivity contribution in [2.45, 2.75) is 334 Å². The molecule has 0 rings (SSSR count). The van der Waals surface area contributed by atoms with E-state index in [4.69, 9.17) is 0 Å². The van der Waals surface area contributed by atoms with Gasteiger partial charge in [-0.05, 0) is 77.0 Å². The van der Waals surface area contributed by atoms with Crippen LogP contribution in [0.3, 0.4) is 0 Å². The Balaban J connectivity index is 3.48. The molecule has 0 saturated carbocycles. The van der Waals surface area contributed by atoms with Crippen LogP contribution >= 0.6 is 0 Å². The van der Waals surface area contributed by atoms with E-state index in [-0.39, 0.29) is 12.5 Å². The second-order valence-electron chi connectivity index (χ2n) is 20.7. The Kier molecular flexibility index (Phi) is 57.7. The van der Waals surface area contributed by atoms with Gasteiger partial charge >= 0.3 is 0 Å². The minimum atomic E-state index is -0.872. The maximum atomic E-state index is 12.5. The van der Waals surface area contributed by atoms with Gasteiger partial charge in [0.15, 0.2) is 0 Å². The molecule has 3 N–H and O–H groups in total. The Labute approximate surface area is 426 Å². The van der Waals surface area contributed by atoms with Gasteiger partial charge in [-0.1, -0.05) is 299 Å². The lowest BCUT2D eigenvalue weighted by Gasteiger charge is -2.19. The zero-order chi connectivity index (χ0) is 49.2. The molecule has 1 amide bonds. The maximum Gasteiger partial charge on any atom is 0.220 e. The first kappa shape index (κ1) is 66.1. The molecule has 0 aromatic rings. The highest BCUT2D eigenvalue weighted by Gasteiger charge is 2.18. The van der Waals surface area contributed by atoms with Crippen LogP contribution < -0.4 is 5.32 Å². The van der Waals surface area contributed by atoms with Gasteiger partial charge in [0.1, 0.15) is 0 Å². The molecule has 0 saturated heterocycles. The van der Waals surface area contributed by atoms with E-state index in [9.17, 15) is 15.0 Å². The van der Waals surface area contributed by atoms with Crippen molar-refractivity contribution in [1.82, 2.24) is 5.32 Å². The molecular weight excluding hydrogens is 831 g/mol. The second kappa shape index (κ2) is 59.4. The van der Waals surface area contributed by atoms with Crippen molar-refractivity contribution in [3.05, 3.63) is 60.8 Å². The summed E-state index contributed by atoms with van der Waals surface area (Å²) in [7, 11) is 0. The summed E-state index contributed by atoms with van der Waals surface area (Å²) in [4.78, 5) is 12.5. The third-order valence-corrected chi connectivity index (χ3v) is 14.0. The number of carbonyl (C=O) groups is 1. The Morgan fingerprint density at radius 3 is 0.941 bits per heavy atom. The molecule has 2 unspecified atom stereocenters. The number of hydrogen-bond acceptors (Lipinski definition) is 3. The molecule has 0 heterocycles. The van der Waals surface area contributed by atoms with Crippen molar-refractivity contribution < 1.29 is 15.0 Å². The molecule has 0 aliphatic rings. The first-order chi connectivity index (χ1) is 33.7. The fourth-order valence-corrected chi connectivity index (χ4v) is 9.30. The van der Waals surface area contributed by atoms with Crippen LogP contribution in [0.15, 0.2) is 60.8 Å². The van der Waals surface area contributed by atoms with Gasteiger partial charge in [-0.2, -0.15) is 0 Å². The number of aliphatic hydroxyl groups excluding tert-OH is 2. The molecule has 0 aliphatic carbocycles. The Morgan fingerprint density at radius 1 is 0.353 bits per heavy atom. The standard InChI is InChI=1S/C64H119NO3/c1-3-5-7-9-11-13-15-17-19-21-23-24-25-26-27-28-29-30-31-32-33-34-35-36-37-38-39-40-42-44-46-48-50-52-54-56-58-60-64(68)65-62(61-66)63(67)59-57-55-53-51-49-47-45-43-41-22-20-18-16-14-12-10-8-6-4-2/h27-28,30-31,41,43,49,51,57,59,62-63,66-67H,3-26,29,32-40,42,44-48,50,52-56,58,60-61H2,1-2H3,(H,65,68)/b28-27-,31-30-,43-41+,51-49+,59-57+. The molecule has 0 aromatic carbocycles. The van der Waals surface area contributed by atoms with Gasteiger partial charge in [0.2, 0.25) is 5.91 Å². The van der Waals surface area contributed by atoms with Crippen LogP contribution in [-0.4, -0.2) is 34.9 Å². The highest BCUT2D eigenvalue weighted by atomic mass is 16.3. The number of aliphatic hydroxyl groups is 2. The number of carbonyl (C=O) groups excluding carboxylic acids is 1. The van der Waals surface area contributed by atoms with Gasteiger partial charge in [-0.15, -0.1) is 0 Å². The average Bonchev–Trinajstić information content (AvgIpc) is 3.34. The Bertz CT molecular complexity index is 1120. The number of hydrogen-bond donors (Lipinski definition) is 3. The van der Waals surface area contributed by atoms with Crippen molar-refractivity contribution in [2.24, 2.45) is 0 Å². The van der Waals surface area contributed by atoms with Gasteiger partial charge in [0.25, 0.3) is 0 Å². The quantitative estimate of drug-likeness (QED) is 0.0420. The first-order valence-corrected chi connectivity index (χ1v) is 30.5. The molecule has 4 nitrogen and oxygen atoms in total. The van der Waals surface area contributed by atoms with Gasteiger partial charge in [-0.25, -0.2) is 0 Å². The van der Waals surface area contributed by atoms with Crippen LogP contribution in [0.25, 0.3) is 0 Å². The average molecular weight is 951 g/mol. The number of rotatable bonds is 56. The van der Waals surface area contributed by atoms with Crippen LogP contribution in [0, 0.1) is 0 Å². The summed E-state index contributed by atoms with van der Waals surface area (Å²) in [5.74, 6) is -0.0752. The van der Waals surface area contributed by atoms with Crippen molar-refractivity contribution in [3.63, 3.8) is 0 Å². The number of allylic oxidation sites excluding steroid dienone is 9. The van der Waals surface area contributed by atoms with Crippen LogP contribution in [0.5, 0.6) is 0 Å². The SMILES string of the molecule is CCCCCCCCCCC/C=C/CC/C=C/CC/C=C/C(O)C(CO)NC(=O)CCCCCCCCCCCCCCCCCCC/C=C\C/C=C\CCCCCCCCCCCCCCC. The van der Waals surface area contributed by atoms with Crippen molar-refractivity contribution in [2.75, 3.05) is 6.61 Å². The zero-order valence-electron chi connectivity index (χ0n) is 45.9. The zero-order valence-corrected chi connectivity index (χ0v) is 45.9. The van der Waals surface area contributed by atoms with E-state index in [2.05, 4.69) is 67.8 Å². The molecule has 0 aliphatic heterocycles. The lowest BCUT2D eigenvalue weighted by molar-refractivity contribution is -0.123. The topological polar surface area (TPSA) is 69.6 Å². The molecule has 0 bridgehead atoms. The van der Waals surface area contributed by atoms with Crippen LogP contribution in [0.2, 0.25) is 0 Å². The summed E-state index contributed by atoms with van der Waals surface area (Å²) in [5.41, 5.74) is 0. The lowest BCUT2D eigenvalue weighted by atomic mass is 10.0. The molecule has 0 fully saturated rings. The summed E-state index contributed by atoms with van der Waals surface area (Å²) in [6.45, 7) is 4.32. The largest absolute Gasteiger partial charge is 0.394 e. The lowest BCUT2D eigenvalue weighted by Crippen LogP contribution is -2.45. The number of nitrogens with one attached hydrogen (secondary N) is 1. The van der Waals surface area contributed by atoms with Crippen LogP contribution in [0.1, 0.15) is 322 Å². The van der Waals surface area contributed by atoms with E-state index in [1.165, 1.54) is 257 Å². The summed E-state index contributed by atoms with van der Waals surface area (Å²) < 4.78 is 0. The van der Waals surface area contributed by atoms with Gasteiger partial charge in [0.05, 0.1) is 18.8 Å². The highest BCUT2D eigenvalue weighted by molar-refractivity contribution is 5.76. The van der Waals surface area contributed by atoms with E-state index in [1.54, 1.807) is 6.08 Å². The normalized spacial score (nSPS) is 13.2. The van der Waals surface area contributed by atoms with E-state index >= 15 is 0 Å².